The van der Waals surface area contributed by atoms with Crippen molar-refractivity contribution in [3.8, 4) is 0 Å². The first-order valence-corrected chi connectivity index (χ1v) is 5.69. The lowest BCUT2D eigenvalue weighted by Gasteiger charge is -2.25. The van der Waals surface area contributed by atoms with Gasteiger partial charge in [-0.05, 0) is 56.3 Å². The Morgan fingerprint density at radius 3 is 2.58 bits per heavy atom. The Morgan fingerprint density at radius 2 is 2.08 bits per heavy atom. The summed E-state index contributed by atoms with van der Waals surface area (Å²) in [6, 6.07) is 0. The number of fused-ring (bicyclic) bond motifs is 2. The van der Waals surface area contributed by atoms with Crippen molar-refractivity contribution in [3.05, 3.63) is 6.42 Å². The Morgan fingerprint density at radius 1 is 1.33 bits per heavy atom. The van der Waals surface area contributed by atoms with Crippen LogP contribution in [-0.4, -0.2) is 0 Å². The lowest BCUT2D eigenvalue weighted by molar-refractivity contribution is 0.339. The average molecular weight is 165 g/mol. The normalized spacial score (nSPS) is 39.2. The van der Waals surface area contributed by atoms with Crippen molar-refractivity contribution < 1.29 is 0 Å². The summed E-state index contributed by atoms with van der Waals surface area (Å²) in [5.74, 6) is 1.11. The standard InChI is InChI=1S/C12H21/c1-2-3-4-7-12-8-5-11(10-12)6-9-12/h7,11H,2-6,8-10H2,1H3. The monoisotopic (exact) mass is 165 g/mol. The van der Waals surface area contributed by atoms with E-state index < -0.39 is 0 Å². The van der Waals surface area contributed by atoms with Gasteiger partial charge < -0.3 is 0 Å². The molecular formula is C12H21. The van der Waals surface area contributed by atoms with Gasteiger partial charge in [-0.15, -0.1) is 0 Å². The first-order valence-electron chi connectivity index (χ1n) is 5.69. The predicted octanol–water partition coefficient (Wildman–Crippen LogP) is 3.96. The van der Waals surface area contributed by atoms with E-state index in [0.29, 0.717) is 0 Å². The maximum absolute atomic E-state index is 2.67. The third-order valence-electron chi connectivity index (χ3n) is 3.93. The molecule has 0 saturated heterocycles. The second-order valence-electron chi connectivity index (χ2n) is 4.86. The molecule has 2 saturated carbocycles. The van der Waals surface area contributed by atoms with Crippen molar-refractivity contribution >= 4 is 0 Å². The van der Waals surface area contributed by atoms with Gasteiger partial charge in [-0.2, -0.15) is 0 Å². The van der Waals surface area contributed by atoms with Gasteiger partial charge in [0.15, 0.2) is 0 Å². The van der Waals surface area contributed by atoms with E-state index in [1.807, 2.05) is 0 Å². The molecule has 0 aromatic carbocycles. The zero-order valence-electron chi connectivity index (χ0n) is 8.31. The summed E-state index contributed by atoms with van der Waals surface area (Å²) in [5.41, 5.74) is 0.736. The molecule has 0 amide bonds. The number of hydrogen-bond acceptors (Lipinski definition) is 0. The molecule has 0 aromatic rings. The molecule has 2 fully saturated rings. The molecule has 0 N–H and O–H groups in total. The molecule has 2 bridgehead atoms. The Balaban J connectivity index is 1.78. The van der Waals surface area contributed by atoms with Crippen LogP contribution in [0.15, 0.2) is 0 Å². The Bertz CT molecular complexity index is 140. The Labute approximate surface area is 76.7 Å². The zero-order valence-corrected chi connectivity index (χ0v) is 8.31. The van der Waals surface area contributed by atoms with Gasteiger partial charge in [0, 0.05) is 0 Å². The minimum Gasteiger partial charge on any atom is -0.0654 e. The molecule has 1 radical (unpaired) electrons. The molecule has 69 valence electrons. The first kappa shape index (κ1) is 8.59. The van der Waals surface area contributed by atoms with E-state index in [0.717, 1.165) is 11.3 Å². The summed E-state index contributed by atoms with van der Waals surface area (Å²) in [7, 11) is 0. The fourth-order valence-electron chi connectivity index (χ4n) is 3.14. The van der Waals surface area contributed by atoms with Crippen LogP contribution in [-0.2, 0) is 0 Å². The predicted molar refractivity (Wildman–Crippen MR) is 52.8 cm³/mol. The summed E-state index contributed by atoms with van der Waals surface area (Å²) in [4.78, 5) is 0. The molecule has 2 rings (SSSR count). The van der Waals surface area contributed by atoms with Crippen molar-refractivity contribution in [1.82, 2.24) is 0 Å². The van der Waals surface area contributed by atoms with Crippen molar-refractivity contribution in [2.75, 3.05) is 0 Å². The summed E-state index contributed by atoms with van der Waals surface area (Å²) in [6.45, 7) is 2.29. The highest BCUT2D eigenvalue weighted by molar-refractivity contribution is 5.03. The largest absolute Gasteiger partial charge is 0.0654 e. The summed E-state index contributed by atoms with van der Waals surface area (Å²) >= 11 is 0. The van der Waals surface area contributed by atoms with E-state index in [2.05, 4.69) is 13.3 Å². The van der Waals surface area contributed by atoms with Gasteiger partial charge in [-0.1, -0.05) is 19.8 Å². The van der Waals surface area contributed by atoms with E-state index in [9.17, 15) is 0 Å². The first-order chi connectivity index (χ1) is 5.85. The highest BCUT2D eigenvalue weighted by Gasteiger charge is 2.43. The van der Waals surface area contributed by atoms with Gasteiger partial charge in [-0.25, -0.2) is 0 Å². The minimum absolute atomic E-state index is 0.736. The summed E-state index contributed by atoms with van der Waals surface area (Å²) in [6.07, 6.45) is 14.4. The van der Waals surface area contributed by atoms with Gasteiger partial charge in [0.25, 0.3) is 0 Å². The Hall–Kier alpha value is 0. The maximum atomic E-state index is 2.67. The van der Waals surface area contributed by atoms with Crippen LogP contribution in [0.1, 0.15) is 58.3 Å². The van der Waals surface area contributed by atoms with Crippen LogP contribution in [0.5, 0.6) is 0 Å². The highest BCUT2D eigenvalue weighted by atomic mass is 14.5. The molecule has 0 spiro atoms. The van der Waals surface area contributed by atoms with E-state index >= 15 is 0 Å². The Kier molecular flexibility index (Phi) is 2.43. The summed E-state index contributed by atoms with van der Waals surface area (Å²) < 4.78 is 0. The van der Waals surface area contributed by atoms with E-state index in [1.165, 1.54) is 51.4 Å². The average Bonchev–Trinajstić information content (AvgIpc) is 2.64. The molecule has 2 aliphatic rings. The number of rotatable bonds is 4. The van der Waals surface area contributed by atoms with Gasteiger partial charge in [0.05, 0.1) is 0 Å². The molecule has 12 heavy (non-hydrogen) atoms. The van der Waals surface area contributed by atoms with Crippen LogP contribution in [0.25, 0.3) is 0 Å². The van der Waals surface area contributed by atoms with Crippen LogP contribution < -0.4 is 0 Å². The van der Waals surface area contributed by atoms with Gasteiger partial charge in [0.2, 0.25) is 0 Å². The van der Waals surface area contributed by atoms with E-state index in [-0.39, 0.29) is 0 Å². The number of hydrogen-bond donors (Lipinski definition) is 0. The summed E-state index contributed by atoms with van der Waals surface area (Å²) in [5, 5.41) is 0. The molecule has 0 nitrogen and oxygen atoms in total. The van der Waals surface area contributed by atoms with E-state index in [4.69, 9.17) is 0 Å². The SMILES string of the molecule is CCCC[CH]C12CCC(CC1)C2. The van der Waals surface area contributed by atoms with Crippen molar-refractivity contribution in [1.29, 1.82) is 0 Å². The van der Waals surface area contributed by atoms with Crippen molar-refractivity contribution in [2.45, 2.75) is 58.3 Å². The molecule has 2 aliphatic carbocycles. The molecule has 0 heterocycles. The van der Waals surface area contributed by atoms with Crippen LogP contribution in [0.2, 0.25) is 0 Å². The van der Waals surface area contributed by atoms with Gasteiger partial charge in [0.1, 0.15) is 0 Å². The lowest BCUT2D eigenvalue weighted by atomic mass is 9.80. The zero-order chi connectivity index (χ0) is 8.44. The van der Waals surface area contributed by atoms with Crippen molar-refractivity contribution in [3.63, 3.8) is 0 Å². The fourth-order valence-corrected chi connectivity index (χ4v) is 3.14. The van der Waals surface area contributed by atoms with Gasteiger partial charge >= 0.3 is 0 Å². The second kappa shape index (κ2) is 3.40. The molecule has 0 aromatic heterocycles. The number of unbranched alkanes of at least 4 members (excludes halogenated alkanes) is 2. The molecule has 0 atom stereocenters. The highest BCUT2D eigenvalue weighted by Crippen LogP contribution is 2.56. The molecular weight excluding hydrogens is 144 g/mol. The maximum Gasteiger partial charge on any atom is -0.0263 e. The third-order valence-corrected chi connectivity index (χ3v) is 3.93. The molecule has 0 heteroatoms. The smallest absolute Gasteiger partial charge is 0.0263 e. The molecule has 0 unspecified atom stereocenters. The van der Waals surface area contributed by atoms with Crippen LogP contribution in [0.4, 0.5) is 0 Å². The van der Waals surface area contributed by atoms with Crippen LogP contribution in [0, 0.1) is 17.8 Å². The lowest BCUT2D eigenvalue weighted by Crippen LogP contribution is -2.14. The minimum atomic E-state index is 0.736. The quantitative estimate of drug-likeness (QED) is 0.553. The second-order valence-corrected chi connectivity index (χ2v) is 4.86. The van der Waals surface area contributed by atoms with Gasteiger partial charge in [-0.3, -0.25) is 0 Å². The van der Waals surface area contributed by atoms with E-state index in [1.54, 1.807) is 0 Å². The topological polar surface area (TPSA) is 0 Å². The van der Waals surface area contributed by atoms with Crippen LogP contribution in [0.3, 0.4) is 0 Å². The van der Waals surface area contributed by atoms with Crippen molar-refractivity contribution in [2.24, 2.45) is 11.3 Å². The third kappa shape index (κ3) is 1.53. The molecule has 0 aliphatic heterocycles. The van der Waals surface area contributed by atoms with Crippen LogP contribution >= 0.6 is 0 Å². The fraction of sp³-hybridized carbons (Fsp3) is 0.917.